The molecule has 0 saturated carbocycles. The van der Waals surface area contributed by atoms with Crippen LogP contribution in [0.5, 0.6) is 0 Å². The number of nitrogens with one attached hydrogen (secondary N) is 1. The molecule has 0 unspecified atom stereocenters. The van der Waals surface area contributed by atoms with Crippen LogP contribution in [-0.2, 0) is 25.9 Å². The van der Waals surface area contributed by atoms with Crippen LogP contribution in [0.25, 0.3) is 16.8 Å². The molecule has 0 spiro atoms. The summed E-state index contributed by atoms with van der Waals surface area (Å²) >= 11 is 0. The molecule has 0 radical (unpaired) electrons. The van der Waals surface area contributed by atoms with Gasteiger partial charge in [0.15, 0.2) is 11.2 Å². The van der Waals surface area contributed by atoms with Crippen LogP contribution in [0.4, 0.5) is 0 Å². The van der Waals surface area contributed by atoms with Crippen LogP contribution in [-0.4, -0.2) is 28.5 Å². The Bertz CT molecular complexity index is 1520. The number of rotatable bonds is 7. The Morgan fingerprint density at radius 3 is 2.45 bits per heavy atom. The van der Waals surface area contributed by atoms with Gasteiger partial charge in [-0.15, -0.1) is 0 Å². The summed E-state index contributed by atoms with van der Waals surface area (Å²) in [5.74, 6) is 0.698. The van der Waals surface area contributed by atoms with Gasteiger partial charge in [0.2, 0.25) is 0 Å². The minimum Gasteiger partial charge on any atom is -0.317 e. The van der Waals surface area contributed by atoms with Gasteiger partial charge in [0.1, 0.15) is 11.5 Å². The zero-order valence-corrected chi connectivity index (χ0v) is 18.8. The third-order valence-corrected chi connectivity index (χ3v) is 5.94. The van der Waals surface area contributed by atoms with E-state index in [1.54, 1.807) is 0 Å². The van der Waals surface area contributed by atoms with Crippen LogP contribution in [0.2, 0.25) is 0 Å². The van der Waals surface area contributed by atoms with Crippen molar-refractivity contribution in [3.05, 3.63) is 98.3 Å². The number of imidazole rings is 2. The van der Waals surface area contributed by atoms with Crippen molar-refractivity contribution < 1.29 is 0 Å². The summed E-state index contributed by atoms with van der Waals surface area (Å²) in [6, 6.07) is 14.3. The summed E-state index contributed by atoms with van der Waals surface area (Å²) in [5, 5.41) is 0. The first-order valence-electron chi connectivity index (χ1n) is 11.3. The van der Waals surface area contributed by atoms with E-state index >= 15 is 0 Å². The molecule has 5 aromatic rings. The Kier molecular flexibility index (Phi) is 5.42. The van der Waals surface area contributed by atoms with Gasteiger partial charge in [-0.25, -0.2) is 14.8 Å². The summed E-state index contributed by atoms with van der Waals surface area (Å²) in [6.07, 6.45) is 6.50. The zero-order chi connectivity index (χ0) is 22.9. The van der Waals surface area contributed by atoms with Crippen molar-refractivity contribution in [2.45, 2.75) is 46.2 Å². The molecule has 168 valence electrons. The Morgan fingerprint density at radius 1 is 0.939 bits per heavy atom. The molecule has 33 heavy (non-hydrogen) atoms. The molecule has 4 heterocycles. The number of pyridine rings is 1. The quantitative estimate of drug-likeness (QED) is 0.419. The van der Waals surface area contributed by atoms with Crippen molar-refractivity contribution in [2.24, 2.45) is 0 Å². The van der Waals surface area contributed by atoms with Crippen LogP contribution >= 0.6 is 0 Å². The Hall–Kier alpha value is -3.94. The van der Waals surface area contributed by atoms with Crippen LogP contribution in [0.15, 0.2) is 64.4 Å². The molecule has 8 heteroatoms. The van der Waals surface area contributed by atoms with Crippen LogP contribution in [0.1, 0.15) is 42.9 Å². The van der Waals surface area contributed by atoms with Gasteiger partial charge < -0.3 is 8.97 Å². The average molecular weight is 443 g/mol. The third-order valence-electron chi connectivity index (χ3n) is 5.94. The highest BCUT2D eigenvalue weighted by Gasteiger charge is 2.19. The van der Waals surface area contributed by atoms with Crippen molar-refractivity contribution in [3.63, 3.8) is 0 Å². The van der Waals surface area contributed by atoms with Crippen molar-refractivity contribution in [1.29, 1.82) is 0 Å². The lowest BCUT2D eigenvalue weighted by Crippen LogP contribution is -2.30. The fraction of sp³-hybridized carbons (Fsp3) is 0.280. The molecule has 0 saturated heterocycles. The molecule has 0 amide bonds. The van der Waals surface area contributed by atoms with E-state index in [-0.39, 0.29) is 0 Å². The molecule has 0 fully saturated rings. The topological polar surface area (TPSA) is 90.0 Å². The summed E-state index contributed by atoms with van der Waals surface area (Å²) in [7, 11) is 0. The van der Waals surface area contributed by atoms with Gasteiger partial charge in [0.25, 0.3) is 5.56 Å². The zero-order valence-electron chi connectivity index (χ0n) is 18.8. The summed E-state index contributed by atoms with van der Waals surface area (Å²) in [5.41, 5.74) is 4.01. The van der Waals surface area contributed by atoms with Gasteiger partial charge in [0, 0.05) is 31.9 Å². The predicted octanol–water partition coefficient (Wildman–Crippen LogP) is 3.15. The van der Waals surface area contributed by atoms with E-state index in [2.05, 4.69) is 36.2 Å². The molecule has 0 aliphatic carbocycles. The molecule has 1 aromatic carbocycles. The number of benzene rings is 1. The number of H-pyrrole nitrogens is 1. The second kappa shape index (κ2) is 8.54. The maximum Gasteiger partial charge on any atom is 0.330 e. The first kappa shape index (κ1) is 20.9. The van der Waals surface area contributed by atoms with E-state index in [0.717, 1.165) is 29.7 Å². The Balaban J connectivity index is 1.64. The normalized spacial score (nSPS) is 11.6. The molecular formula is C25H26N6O2. The lowest BCUT2D eigenvalue weighted by atomic mass is 10.1. The molecular weight excluding hydrogens is 416 g/mol. The lowest BCUT2D eigenvalue weighted by Gasteiger charge is -2.09. The predicted molar refractivity (Wildman–Crippen MR) is 128 cm³/mol. The van der Waals surface area contributed by atoms with E-state index < -0.39 is 11.2 Å². The monoisotopic (exact) mass is 442 g/mol. The van der Waals surface area contributed by atoms with Crippen molar-refractivity contribution >= 4 is 16.8 Å². The van der Waals surface area contributed by atoms with Gasteiger partial charge >= 0.3 is 5.69 Å². The molecule has 0 atom stereocenters. The maximum atomic E-state index is 12.9. The van der Waals surface area contributed by atoms with Gasteiger partial charge in [-0.3, -0.25) is 14.3 Å². The first-order chi connectivity index (χ1) is 16.1. The smallest absolute Gasteiger partial charge is 0.317 e. The van der Waals surface area contributed by atoms with Crippen LogP contribution in [0.3, 0.4) is 0 Å². The second-order valence-corrected chi connectivity index (χ2v) is 8.23. The van der Waals surface area contributed by atoms with E-state index in [9.17, 15) is 9.59 Å². The summed E-state index contributed by atoms with van der Waals surface area (Å²) in [6.45, 7) is 4.93. The maximum absolute atomic E-state index is 12.9. The molecule has 8 nitrogen and oxygen atoms in total. The highest BCUT2D eigenvalue weighted by Crippen LogP contribution is 2.18. The largest absolute Gasteiger partial charge is 0.330 e. The summed E-state index contributed by atoms with van der Waals surface area (Å²) < 4.78 is 5.38. The lowest BCUT2D eigenvalue weighted by molar-refractivity contribution is 0.717. The Morgan fingerprint density at radius 2 is 1.73 bits per heavy atom. The molecule has 4 aromatic heterocycles. The third kappa shape index (κ3) is 3.88. The van der Waals surface area contributed by atoms with E-state index in [0.29, 0.717) is 36.5 Å². The number of nitrogens with zero attached hydrogens (tertiary/aromatic N) is 5. The van der Waals surface area contributed by atoms with E-state index in [1.807, 2.05) is 46.5 Å². The fourth-order valence-electron chi connectivity index (χ4n) is 4.33. The molecule has 1 N–H and O–H groups in total. The SMILES string of the molecule is CCCc1ccc(Cn2c(Cc3cn4ccccc4n3)nc3c2c(=O)[nH]c(=O)n3CC)cc1. The highest BCUT2D eigenvalue weighted by atomic mass is 16.2. The number of aromatic amines is 1. The van der Waals surface area contributed by atoms with Gasteiger partial charge in [0.05, 0.1) is 5.69 Å². The number of aryl methyl sites for hydroxylation is 2. The number of hydrogen-bond acceptors (Lipinski definition) is 4. The average Bonchev–Trinajstić information content (AvgIpc) is 3.37. The van der Waals surface area contributed by atoms with Crippen LogP contribution < -0.4 is 11.2 Å². The second-order valence-electron chi connectivity index (χ2n) is 8.23. The number of aromatic nitrogens is 6. The van der Waals surface area contributed by atoms with E-state index in [1.165, 1.54) is 10.1 Å². The molecule has 0 bridgehead atoms. The molecule has 0 aliphatic rings. The molecule has 5 rings (SSSR count). The molecule has 0 aliphatic heterocycles. The number of hydrogen-bond donors (Lipinski definition) is 1. The van der Waals surface area contributed by atoms with E-state index in [4.69, 9.17) is 9.97 Å². The highest BCUT2D eigenvalue weighted by molar-refractivity contribution is 5.71. The first-order valence-corrected chi connectivity index (χ1v) is 11.3. The Labute approximate surface area is 190 Å². The van der Waals surface area contributed by atoms with Crippen molar-refractivity contribution in [1.82, 2.24) is 28.5 Å². The van der Waals surface area contributed by atoms with Crippen molar-refractivity contribution in [2.75, 3.05) is 0 Å². The van der Waals surface area contributed by atoms with Gasteiger partial charge in [-0.2, -0.15) is 0 Å². The van der Waals surface area contributed by atoms with Gasteiger partial charge in [-0.05, 0) is 36.6 Å². The standard InChI is InChI=1S/C25H26N6O2/c1-3-7-17-9-11-18(12-10-17)15-31-21(14-19-16-29-13-6-5-8-20(29)26-19)27-23-22(31)24(32)28-25(33)30(23)4-2/h5-6,8-13,16H,3-4,7,14-15H2,1-2H3,(H,28,32,33). The minimum atomic E-state index is -0.442. The summed E-state index contributed by atoms with van der Waals surface area (Å²) in [4.78, 5) is 37.2. The fourth-order valence-corrected chi connectivity index (χ4v) is 4.33. The van der Waals surface area contributed by atoms with Crippen LogP contribution in [0, 0.1) is 0 Å². The van der Waals surface area contributed by atoms with Gasteiger partial charge in [-0.1, -0.05) is 43.7 Å². The number of fused-ring (bicyclic) bond motifs is 2. The van der Waals surface area contributed by atoms with Crippen molar-refractivity contribution in [3.8, 4) is 0 Å². The minimum absolute atomic E-state index is 0.410.